The van der Waals surface area contributed by atoms with Gasteiger partial charge in [0.2, 0.25) is 0 Å². The third kappa shape index (κ3) is 4.22. The van der Waals surface area contributed by atoms with Gasteiger partial charge in [-0.05, 0) is 32.6 Å². The minimum absolute atomic E-state index is 0. The molecule has 3 fully saturated rings. The lowest BCUT2D eigenvalue weighted by Gasteiger charge is -2.25. The first-order valence-corrected chi connectivity index (χ1v) is 8.04. The fourth-order valence-corrected chi connectivity index (χ4v) is 3.49. The van der Waals surface area contributed by atoms with Gasteiger partial charge in [-0.25, -0.2) is 0 Å². The molecule has 1 N–H and O–H groups in total. The molecule has 1 spiro atoms. The quantitative estimate of drug-likeness (QED) is 0.439. The number of nitrogens with one attached hydrogen (secondary N) is 1. The summed E-state index contributed by atoms with van der Waals surface area (Å²) in [7, 11) is 0. The third-order valence-electron chi connectivity index (χ3n) is 4.73. The predicted octanol–water partition coefficient (Wildman–Crippen LogP) is 1.86. The van der Waals surface area contributed by atoms with E-state index in [0.29, 0.717) is 11.5 Å². The average Bonchev–Trinajstić information content (AvgIpc) is 3.18. The van der Waals surface area contributed by atoms with E-state index in [1.165, 1.54) is 19.3 Å². The average molecular weight is 409 g/mol. The van der Waals surface area contributed by atoms with E-state index in [0.717, 1.165) is 58.4 Å². The number of hydrogen-bond donors (Lipinski definition) is 1. The van der Waals surface area contributed by atoms with Crippen LogP contribution in [0.15, 0.2) is 4.99 Å². The molecule has 0 aromatic heterocycles. The highest BCUT2D eigenvalue weighted by molar-refractivity contribution is 14.0. The number of rotatable bonds is 3. The molecule has 0 bridgehead atoms. The van der Waals surface area contributed by atoms with Gasteiger partial charge < -0.3 is 19.7 Å². The van der Waals surface area contributed by atoms with E-state index >= 15 is 0 Å². The Morgan fingerprint density at radius 3 is 2.95 bits per heavy atom. The highest BCUT2D eigenvalue weighted by Crippen LogP contribution is 2.38. The van der Waals surface area contributed by atoms with Crippen LogP contribution in [0.3, 0.4) is 0 Å². The van der Waals surface area contributed by atoms with Crippen molar-refractivity contribution in [1.29, 1.82) is 0 Å². The van der Waals surface area contributed by atoms with Gasteiger partial charge in [0, 0.05) is 38.3 Å². The van der Waals surface area contributed by atoms with Crippen LogP contribution in [-0.4, -0.2) is 63.0 Å². The second kappa shape index (κ2) is 7.97. The van der Waals surface area contributed by atoms with Gasteiger partial charge in [-0.1, -0.05) is 0 Å². The molecule has 3 rings (SSSR count). The summed E-state index contributed by atoms with van der Waals surface area (Å²) >= 11 is 0. The van der Waals surface area contributed by atoms with Crippen LogP contribution in [-0.2, 0) is 9.47 Å². The lowest BCUT2D eigenvalue weighted by molar-refractivity contribution is 0.117. The van der Waals surface area contributed by atoms with Crippen LogP contribution in [0.25, 0.3) is 0 Å². The van der Waals surface area contributed by atoms with Gasteiger partial charge in [0.1, 0.15) is 0 Å². The number of likely N-dealkylation sites (tertiary alicyclic amines) is 1. The highest BCUT2D eigenvalue weighted by atomic mass is 127. The fourth-order valence-electron chi connectivity index (χ4n) is 3.49. The Balaban J connectivity index is 0.00000161. The van der Waals surface area contributed by atoms with Gasteiger partial charge in [0.05, 0.1) is 19.3 Å². The van der Waals surface area contributed by atoms with E-state index < -0.39 is 0 Å². The summed E-state index contributed by atoms with van der Waals surface area (Å²) in [5.41, 5.74) is 0.389. The summed E-state index contributed by atoms with van der Waals surface area (Å²) in [6.07, 6.45) is 5.10. The van der Waals surface area contributed by atoms with Crippen molar-refractivity contribution in [2.45, 2.75) is 38.7 Å². The Hall–Kier alpha value is -0.0800. The van der Waals surface area contributed by atoms with Crippen molar-refractivity contribution in [2.75, 3.05) is 46.0 Å². The summed E-state index contributed by atoms with van der Waals surface area (Å²) < 4.78 is 11.3. The number of ether oxygens (including phenoxy) is 2. The maximum atomic E-state index is 5.66. The summed E-state index contributed by atoms with van der Waals surface area (Å²) in [4.78, 5) is 7.21. The van der Waals surface area contributed by atoms with Crippen molar-refractivity contribution in [3.05, 3.63) is 0 Å². The zero-order valence-corrected chi connectivity index (χ0v) is 15.3. The van der Waals surface area contributed by atoms with Crippen molar-refractivity contribution in [3.63, 3.8) is 0 Å². The molecular formula is C15H28IN3O2. The molecule has 2 unspecified atom stereocenters. The maximum absolute atomic E-state index is 5.66. The molecule has 3 heterocycles. The second-order valence-electron chi connectivity index (χ2n) is 6.30. The standard InChI is InChI=1S/C15H27N3O2.HI/c1-2-16-14(17-10-13-4-3-8-20-13)18-7-5-15(11-18)6-9-19-12-15;/h13H,2-12H2,1H3,(H,16,17);1H. The van der Waals surface area contributed by atoms with Crippen LogP contribution in [0.1, 0.15) is 32.6 Å². The Labute approximate surface area is 144 Å². The molecule has 0 aliphatic carbocycles. The topological polar surface area (TPSA) is 46.1 Å². The summed E-state index contributed by atoms with van der Waals surface area (Å²) in [6, 6.07) is 0. The molecule has 0 radical (unpaired) electrons. The van der Waals surface area contributed by atoms with Crippen molar-refractivity contribution in [3.8, 4) is 0 Å². The van der Waals surface area contributed by atoms with Crippen molar-refractivity contribution >= 4 is 29.9 Å². The Kier molecular flexibility index (Phi) is 6.55. The minimum Gasteiger partial charge on any atom is -0.381 e. The van der Waals surface area contributed by atoms with E-state index in [2.05, 4.69) is 17.1 Å². The summed E-state index contributed by atoms with van der Waals surface area (Å²) in [6.45, 7) is 8.79. The number of guanidine groups is 1. The van der Waals surface area contributed by atoms with E-state index in [1.54, 1.807) is 0 Å². The molecule has 0 aromatic rings. The molecule has 6 heteroatoms. The van der Waals surface area contributed by atoms with Crippen LogP contribution < -0.4 is 5.32 Å². The van der Waals surface area contributed by atoms with Crippen LogP contribution in [0.2, 0.25) is 0 Å². The Bertz CT molecular complexity index is 353. The number of halogens is 1. The molecule has 2 atom stereocenters. The van der Waals surface area contributed by atoms with E-state index in [9.17, 15) is 0 Å². The lowest BCUT2D eigenvalue weighted by Crippen LogP contribution is -2.42. The first-order valence-electron chi connectivity index (χ1n) is 8.04. The number of aliphatic imine (C=N–C) groups is 1. The van der Waals surface area contributed by atoms with E-state index in [1.807, 2.05) is 0 Å². The first-order chi connectivity index (χ1) is 9.81. The smallest absolute Gasteiger partial charge is 0.194 e. The first kappa shape index (κ1) is 17.3. The van der Waals surface area contributed by atoms with E-state index in [-0.39, 0.29) is 24.0 Å². The van der Waals surface area contributed by atoms with Crippen LogP contribution >= 0.6 is 24.0 Å². The summed E-state index contributed by atoms with van der Waals surface area (Å²) in [5.74, 6) is 1.06. The fraction of sp³-hybridized carbons (Fsp3) is 0.933. The molecule has 0 saturated carbocycles. The van der Waals surface area contributed by atoms with Gasteiger partial charge in [-0.3, -0.25) is 4.99 Å². The molecule has 5 nitrogen and oxygen atoms in total. The summed E-state index contributed by atoms with van der Waals surface area (Å²) in [5, 5.41) is 3.43. The third-order valence-corrected chi connectivity index (χ3v) is 4.73. The maximum Gasteiger partial charge on any atom is 0.194 e. The number of hydrogen-bond acceptors (Lipinski definition) is 3. The Morgan fingerprint density at radius 1 is 1.38 bits per heavy atom. The molecule has 3 aliphatic heterocycles. The van der Waals surface area contributed by atoms with Crippen LogP contribution in [0, 0.1) is 5.41 Å². The molecule has 122 valence electrons. The van der Waals surface area contributed by atoms with Crippen molar-refractivity contribution < 1.29 is 9.47 Å². The van der Waals surface area contributed by atoms with Crippen LogP contribution in [0.5, 0.6) is 0 Å². The second-order valence-corrected chi connectivity index (χ2v) is 6.30. The highest BCUT2D eigenvalue weighted by Gasteiger charge is 2.42. The largest absolute Gasteiger partial charge is 0.381 e. The van der Waals surface area contributed by atoms with Gasteiger partial charge in [-0.2, -0.15) is 0 Å². The lowest BCUT2D eigenvalue weighted by atomic mass is 9.87. The molecule has 0 amide bonds. The molecular weight excluding hydrogens is 381 g/mol. The molecule has 3 aliphatic rings. The van der Waals surface area contributed by atoms with Crippen molar-refractivity contribution in [2.24, 2.45) is 10.4 Å². The molecule has 21 heavy (non-hydrogen) atoms. The van der Waals surface area contributed by atoms with Gasteiger partial charge in [0.25, 0.3) is 0 Å². The Morgan fingerprint density at radius 2 is 2.29 bits per heavy atom. The predicted molar refractivity (Wildman–Crippen MR) is 94.4 cm³/mol. The van der Waals surface area contributed by atoms with Gasteiger partial charge in [0.15, 0.2) is 5.96 Å². The van der Waals surface area contributed by atoms with Crippen LogP contribution in [0.4, 0.5) is 0 Å². The SMILES string of the molecule is CCNC(=NCC1CCCO1)N1CCC2(CCOC2)C1.I. The number of nitrogens with zero attached hydrogens (tertiary/aromatic N) is 2. The minimum atomic E-state index is 0. The molecule has 0 aromatic carbocycles. The molecule has 3 saturated heterocycles. The van der Waals surface area contributed by atoms with E-state index in [4.69, 9.17) is 14.5 Å². The zero-order valence-electron chi connectivity index (χ0n) is 13.0. The van der Waals surface area contributed by atoms with Gasteiger partial charge in [-0.15, -0.1) is 24.0 Å². The monoisotopic (exact) mass is 409 g/mol. The normalized spacial score (nSPS) is 32.7. The van der Waals surface area contributed by atoms with Crippen molar-refractivity contribution in [1.82, 2.24) is 10.2 Å². The zero-order chi connectivity index (χ0) is 13.8. The van der Waals surface area contributed by atoms with Gasteiger partial charge >= 0.3 is 0 Å².